The van der Waals surface area contributed by atoms with Gasteiger partial charge < -0.3 is 9.73 Å². The molecule has 0 spiro atoms. The first-order valence-corrected chi connectivity index (χ1v) is 6.28. The third kappa shape index (κ3) is 3.39. The molecule has 108 valence electrons. The topological polar surface area (TPSA) is 38.1 Å². The first-order valence-electron chi connectivity index (χ1n) is 6.28. The molecule has 0 aliphatic heterocycles. The van der Waals surface area contributed by atoms with Gasteiger partial charge in [-0.2, -0.15) is 13.2 Å². The van der Waals surface area contributed by atoms with Crippen molar-refractivity contribution in [2.75, 3.05) is 13.6 Å². The molecule has 2 aromatic rings. The van der Waals surface area contributed by atoms with Crippen LogP contribution in [0.1, 0.15) is 17.7 Å². The van der Waals surface area contributed by atoms with Crippen LogP contribution in [-0.4, -0.2) is 18.6 Å². The van der Waals surface area contributed by atoms with Gasteiger partial charge in [0.05, 0.1) is 11.3 Å². The van der Waals surface area contributed by atoms with Gasteiger partial charge in [-0.3, -0.25) is 0 Å². The molecule has 20 heavy (non-hydrogen) atoms. The molecule has 0 amide bonds. The van der Waals surface area contributed by atoms with Crippen molar-refractivity contribution in [1.29, 1.82) is 0 Å². The zero-order chi connectivity index (χ0) is 14.6. The highest BCUT2D eigenvalue weighted by molar-refractivity contribution is 5.59. The molecule has 3 nitrogen and oxygen atoms in total. The van der Waals surface area contributed by atoms with Gasteiger partial charge in [-0.05, 0) is 38.6 Å². The maximum absolute atomic E-state index is 12.9. The zero-order valence-electron chi connectivity index (χ0n) is 11.0. The van der Waals surface area contributed by atoms with E-state index in [1.54, 1.807) is 0 Å². The Morgan fingerprint density at radius 1 is 1.25 bits per heavy atom. The highest BCUT2D eigenvalue weighted by atomic mass is 19.4. The summed E-state index contributed by atoms with van der Waals surface area (Å²) in [5.74, 6) is 0.0115. The van der Waals surface area contributed by atoms with E-state index in [-0.39, 0.29) is 11.5 Å². The predicted octanol–water partition coefficient (Wildman–Crippen LogP) is 3.51. The quantitative estimate of drug-likeness (QED) is 0.854. The van der Waals surface area contributed by atoms with Crippen LogP contribution < -0.4 is 5.32 Å². The van der Waals surface area contributed by atoms with Crippen LogP contribution in [0.3, 0.4) is 0 Å². The van der Waals surface area contributed by atoms with E-state index in [4.69, 9.17) is 4.42 Å². The Hall–Kier alpha value is -1.82. The monoisotopic (exact) mass is 284 g/mol. The highest BCUT2D eigenvalue weighted by Gasteiger charge is 2.34. The van der Waals surface area contributed by atoms with Crippen molar-refractivity contribution < 1.29 is 17.6 Å². The number of nitrogens with one attached hydrogen (secondary N) is 1. The van der Waals surface area contributed by atoms with Crippen molar-refractivity contribution in [2.45, 2.75) is 19.0 Å². The van der Waals surface area contributed by atoms with E-state index >= 15 is 0 Å². The molecule has 1 N–H and O–H groups in total. The largest absolute Gasteiger partial charge is 0.444 e. The number of rotatable bonds is 5. The lowest BCUT2D eigenvalue weighted by molar-refractivity contribution is -0.137. The van der Waals surface area contributed by atoms with E-state index in [9.17, 15) is 13.2 Å². The first kappa shape index (κ1) is 14.6. The lowest BCUT2D eigenvalue weighted by Gasteiger charge is -2.09. The van der Waals surface area contributed by atoms with Gasteiger partial charge in [0.2, 0.25) is 5.89 Å². The van der Waals surface area contributed by atoms with Gasteiger partial charge in [0, 0.05) is 5.56 Å². The second-order valence-corrected chi connectivity index (χ2v) is 4.39. The lowest BCUT2D eigenvalue weighted by Crippen LogP contribution is -2.08. The summed E-state index contributed by atoms with van der Waals surface area (Å²) < 4.78 is 43.9. The van der Waals surface area contributed by atoms with Crippen molar-refractivity contribution in [3.63, 3.8) is 0 Å². The molecule has 0 saturated carbocycles. The lowest BCUT2D eigenvalue weighted by atomic mass is 10.1. The molecule has 0 aliphatic rings. The standard InChI is InChI=1S/C14H15F3N2O/c1-18-8-4-5-10-9-20-13(19-10)11-6-2-3-7-12(11)14(15,16)17/h2-3,6-7,9,18H,4-5,8H2,1H3. The average Bonchev–Trinajstić information content (AvgIpc) is 2.87. The molecule has 0 atom stereocenters. The van der Waals surface area contributed by atoms with Gasteiger partial charge in [0.25, 0.3) is 0 Å². The number of aromatic nitrogens is 1. The fourth-order valence-electron chi connectivity index (χ4n) is 1.91. The first-order chi connectivity index (χ1) is 9.52. The molecular weight excluding hydrogens is 269 g/mol. The smallest absolute Gasteiger partial charge is 0.417 e. The molecule has 0 aliphatic carbocycles. The Balaban J connectivity index is 2.24. The van der Waals surface area contributed by atoms with Gasteiger partial charge in [0.15, 0.2) is 0 Å². The molecule has 0 radical (unpaired) electrons. The minimum Gasteiger partial charge on any atom is -0.444 e. The van der Waals surface area contributed by atoms with Crippen LogP contribution in [0.2, 0.25) is 0 Å². The van der Waals surface area contributed by atoms with Crippen molar-refractivity contribution in [1.82, 2.24) is 10.3 Å². The number of oxazole rings is 1. The Labute approximate surface area is 114 Å². The zero-order valence-corrected chi connectivity index (χ0v) is 11.0. The highest BCUT2D eigenvalue weighted by Crippen LogP contribution is 2.36. The number of hydrogen-bond donors (Lipinski definition) is 1. The second-order valence-electron chi connectivity index (χ2n) is 4.39. The van der Waals surface area contributed by atoms with Gasteiger partial charge in [-0.25, -0.2) is 4.98 Å². The van der Waals surface area contributed by atoms with E-state index in [1.807, 2.05) is 7.05 Å². The van der Waals surface area contributed by atoms with Gasteiger partial charge >= 0.3 is 6.18 Å². The molecule has 1 heterocycles. The van der Waals surface area contributed by atoms with Crippen molar-refractivity contribution in [3.05, 3.63) is 41.8 Å². The predicted molar refractivity (Wildman–Crippen MR) is 69.2 cm³/mol. The summed E-state index contributed by atoms with van der Waals surface area (Å²) in [5.41, 5.74) is -0.101. The van der Waals surface area contributed by atoms with Gasteiger partial charge in [0.1, 0.15) is 6.26 Å². The number of aryl methyl sites for hydroxylation is 1. The van der Waals surface area contributed by atoms with Crippen LogP contribution in [0, 0.1) is 0 Å². The summed E-state index contributed by atoms with van der Waals surface area (Å²) in [6.07, 6.45) is -1.49. The van der Waals surface area contributed by atoms with Crippen molar-refractivity contribution in [2.24, 2.45) is 0 Å². The van der Waals surface area contributed by atoms with Crippen molar-refractivity contribution in [3.8, 4) is 11.5 Å². The number of hydrogen-bond acceptors (Lipinski definition) is 3. The fourth-order valence-corrected chi connectivity index (χ4v) is 1.91. The van der Waals surface area contributed by atoms with Crippen LogP contribution in [0.15, 0.2) is 34.9 Å². The molecule has 0 fully saturated rings. The average molecular weight is 284 g/mol. The van der Waals surface area contributed by atoms with Crippen LogP contribution in [0.4, 0.5) is 13.2 Å². The second kappa shape index (κ2) is 6.09. The summed E-state index contributed by atoms with van der Waals surface area (Å²) in [7, 11) is 1.84. The van der Waals surface area contributed by atoms with E-state index < -0.39 is 11.7 Å². The summed E-state index contributed by atoms with van der Waals surface area (Å²) in [4.78, 5) is 4.13. The minimum atomic E-state index is -4.42. The maximum Gasteiger partial charge on any atom is 0.417 e. The minimum absolute atomic E-state index is 0.0115. The third-order valence-electron chi connectivity index (χ3n) is 2.87. The van der Waals surface area contributed by atoms with Crippen LogP contribution in [-0.2, 0) is 12.6 Å². The van der Waals surface area contributed by atoms with Gasteiger partial charge in [-0.1, -0.05) is 12.1 Å². The van der Waals surface area contributed by atoms with E-state index in [0.717, 1.165) is 19.0 Å². The van der Waals surface area contributed by atoms with E-state index in [1.165, 1.54) is 24.5 Å². The van der Waals surface area contributed by atoms with Crippen molar-refractivity contribution >= 4 is 0 Å². The number of benzene rings is 1. The number of nitrogens with zero attached hydrogens (tertiary/aromatic N) is 1. The summed E-state index contributed by atoms with van der Waals surface area (Å²) in [6.45, 7) is 0.821. The fraction of sp³-hybridized carbons (Fsp3) is 0.357. The number of halogens is 3. The molecule has 0 unspecified atom stereocenters. The molecule has 0 saturated heterocycles. The normalized spacial score (nSPS) is 11.8. The SMILES string of the molecule is CNCCCc1coc(-c2ccccc2C(F)(F)F)n1. The maximum atomic E-state index is 12.9. The van der Waals surface area contributed by atoms with Crippen LogP contribution in [0.25, 0.3) is 11.5 Å². The molecule has 1 aromatic carbocycles. The van der Waals surface area contributed by atoms with Crippen LogP contribution >= 0.6 is 0 Å². The van der Waals surface area contributed by atoms with Gasteiger partial charge in [-0.15, -0.1) is 0 Å². The van der Waals surface area contributed by atoms with E-state index in [2.05, 4.69) is 10.3 Å². The molecular formula is C14H15F3N2O. The summed E-state index contributed by atoms with van der Waals surface area (Å²) in [5, 5.41) is 3.00. The van der Waals surface area contributed by atoms with Crippen LogP contribution in [0.5, 0.6) is 0 Å². The third-order valence-corrected chi connectivity index (χ3v) is 2.87. The Bertz CT molecular complexity index is 564. The Kier molecular flexibility index (Phi) is 4.44. The molecule has 2 rings (SSSR count). The number of alkyl halides is 3. The molecule has 0 bridgehead atoms. The summed E-state index contributed by atoms with van der Waals surface area (Å²) >= 11 is 0. The molecule has 6 heteroatoms. The molecule has 1 aromatic heterocycles. The Morgan fingerprint density at radius 3 is 2.70 bits per heavy atom. The Morgan fingerprint density at radius 2 is 2.00 bits per heavy atom. The van der Waals surface area contributed by atoms with E-state index in [0.29, 0.717) is 12.1 Å². The summed E-state index contributed by atoms with van der Waals surface area (Å²) in [6, 6.07) is 5.28.